The minimum Gasteiger partial charge on any atom is -0.613 e. The maximum absolute atomic E-state index is 13.5. The van der Waals surface area contributed by atoms with Crippen LogP contribution >= 0.6 is 0 Å². The third-order valence-corrected chi connectivity index (χ3v) is 6.09. The number of carbonyl (C=O) groups excluding carboxylic acids is 1. The molecule has 0 amide bonds. The zero-order chi connectivity index (χ0) is 18.6. The fraction of sp³-hybridized carbons (Fsp3) is 0.333. The normalized spacial score (nSPS) is 22.1. The molecule has 26 heavy (non-hydrogen) atoms. The van der Waals surface area contributed by atoms with Crippen LogP contribution < -0.4 is 15.9 Å². The molecule has 2 N–H and O–H groups in total. The van der Waals surface area contributed by atoms with Gasteiger partial charge in [-0.25, -0.2) is 4.99 Å². The molecule has 2 aliphatic heterocycles. The Hall–Kier alpha value is -2.16. The Morgan fingerprint density at radius 1 is 1.50 bits per heavy atom. The lowest BCUT2D eigenvalue weighted by molar-refractivity contribution is -0.114. The van der Waals surface area contributed by atoms with Crippen LogP contribution in [-0.4, -0.2) is 37.4 Å². The molecule has 1 aromatic rings. The fourth-order valence-corrected chi connectivity index (χ4v) is 4.68. The molecule has 1 aromatic carbocycles. The average Bonchev–Trinajstić information content (AvgIpc) is 2.98. The average molecular weight is 375 g/mol. The van der Waals surface area contributed by atoms with E-state index in [1.807, 2.05) is 12.1 Å². The molecule has 3 aliphatic rings. The number of carbonyl (C=O) groups is 1. The van der Waals surface area contributed by atoms with Gasteiger partial charge in [0.1, 0.15) is 11.4 Å². The zero-order valence-electron chi connectivity index (χ0n) is 14.3. The molecular formula is C18H18FN3O3S. The summed E-state index contributed by atoms with van der Waals surface area (Å²) in [5.74, 6) is -0.0612. The Labute approximate surface area is 152 Å². The Morgan fingerprint density at radius 3 is 3.00 bits per heavy atom. The highest BCUT2D eigenvalue weighted by Gasteiger charge is 2.33. The van der Waals surface area contributed by atoms with Crippen molar-refractivity contribution >= 4 is 28.2 Å². The molecule has 2 atom stereocenters. The lowest BCUT2D eigenvalue weighted by atomic mass is 9.86. The van der Waals surface area contributed by atoms with Crippen molar-refractivity contribution in [3.63, 3.8) is 0 Å². The molecule has 0 spiro atoms. The molecule has 6 nitrogen and oxygen atoms in total. The third-order valence-electron chi connectivity index (χ3n) is 4.38. The van der Waals surface area contributed by atoms with Crippen molar-refractivity contribution in [3.8, 4) is 0 Å². The summed E-state index contributed by atoms with van der Waals surface area (Å²) >= 11 is -1.42. The number of fused-ring (bicyclic) bond motifs is 4. The highest BCUT2D eigenvalue weighted by molar-refractivity contribution is 7.92. The van der Waals surface area contributed by atoms with Crippen LogP contribution in [0.4, 0.5) is 10.2 Å². The van der Waals surface area contributed by atoms with Crippen LogP contribution in [-0.2, 0) is 22.4 Å². The van der Waals surface area contributed by atoms with E-state index in [0.29, 0.717) is 21.6 Å². The van der Waals surface area contributed by atoms with Gasteiger partial charge >= 0.3 is 0 Å². The largest absolute Gasteiger partial charge is 0.613 e. The SMILES string of the molecule is CC(C)(O)C[S+]([O-])C1N=c2c(ccc3c2=C2C=CN(F)C=C2C(=O)C3)N1. The predicted molar refractivity (Wildman–Crippen MR) is 96.2 cm³/mol. The van der Waals surface area contributed by atoms with E-state index in [4.69, 9.17) is 0 Å². The highest BCUT2D eigenvalue weighted by atomic mass is 32.2. The number of nitrogens with one attached hydrogen (secondary N) is 1. The van der Waals surface area contributed by atoms with Gasteiger partial charge in [0.15, 0.2) is 5.78 Å². The first kappa shape index (κ1) is 17.3. The van der Waals surface area contributed by atoms with Gasteiger partial charge in [0, 0.05) is 29.6 Å². The first-order valence-electron chi connectivity index (χ1n) is 8.21. The van der Waals surface area contributed by atoms with Gasteiger partial charge in [0.2, 0.25) is 0 Å². The van der Waals surface area contributed by atoms with Crippen molar-refractivity contribution < 1.29 is 18.9 Å². The molecule has 2 unspecified atom stereocenters. The summed E-state index contributed by atoms with van der Waals surface area (Å²) in [5, 5.41) is 14.8. The molecule has 0 radical (unpaired) electrons. The molecule has 0 bridgehead atoms. The van der Waals surface area contributed by atoms with Crippen molar-refractivity contribution in [1.29, 1.82) is 0 Å². The molecular weight excluding hydrogens is 357 g/mol. The second kappa shape index (κ2) is 5.94. The van der Waals surface area contributed by atoms with Crippen LogP contribution in [0.1, 0.15) is 19.4 Å². The number of anilines is 1. The standard InChI is InChI=1S/C18H18FN3O3S/c1-18(2,24)9-26(25)17-20-13-4-3-10-7-14(23)12-8-22(19)6-5-11(12)15(10)16(13)21-17/h3-6,8,17,20,24H,7,9H2,1-2H3. The number of hydrogen-bond donors (Lipinski definition) is 2. The van der Waals surface area contributed by atoms with Crippen LogP contribution in [0, 0.1) is 0 Å². The summed E-state index contributed by atoms with van der Waals surface area (Å²) in [4.78, 5) is 16.9. The fourth-order valence-electron chi connectivity index (χ4n) is 3.35. The number of Topliss-reactive ketones (excluding diaryl/α,β-unsaturated/α-hetero) is 1. The Balaban J connectivity index is 1.86. The number of benzene rings is 1. The van der Waals surface area contributed by atoms with Crippen molar-refractivity contribution in [3.05, 3.63) is 52.3 Å². The Morgan fingerprint density at radius 2 is 2.27 bits per heavy atom. The van der Waals surface area contributed by atoms with E-state index in [-0.39, 0.29) is 18.0 Å². The molecule has 136 valence electrons. The van der Waals surface area contributed by atoms with Crippen molar-refractivity contribution in [1.82, 2.24) is 5.12 Å². The first-order valence-corrected chi connectivity index (χ1v) is 9.59. The van der Waals surface area contributed by atoms with Gasteiger partial charge in [0.05, 0.1) is 11.0 Å². The molecule has 2 heterocycles. The van der Waals surface area contributed by atoms with Gasteiger partial charge in [0.25, 0.3) is 5.50 Å². The van der Waals surface area contributed by atoms with Crippen molar-refractivity contribution in [2.75, 3.05) is 11.1 Å². The van der Waals surface area contributed by atoms with E-state index in [9.17, 15) is 18.9 Å². The maximum atomic E-state index is 13.5. The lowest BCUT2D eigenvalue weighted by Crippen LogP contribution is -2.38. The molecule has 1 aliphatic carbocycles. The van der Waals surface area contributed by atoms with Crippen LogP contribution in [0.25, 0.3) is 5.57 Å². The predicted octanol–water partition coefficient (Wildman–Crippen LogP) is 0.408. The second-order valence-corrected chi connectivity index (χ2v) is 8.67. The van der Waals surface area contributed by atoms with Gasteiger partial charge in [-0.3, -0.25) is 4.79 Å². The smallest absolute Gasteiger partial charge is 0.282 e. The zero-order valence-corrected chi connectivity index (χ0v) is 15.1. The van der Waals surface area contributed by atoms with Crippen LogP contribution in [0.3, 0.4) is 0 Å². The molecule has 0 saturated heterocycles. The molecule has 0 fully saturated rings. The summed E-state index contributed by atoms with van der Waals surface area (Å²) in [6.07, 6.45) is 4.15. The summed E-state index contributed by atoms with van der Waals surface area (Å²) in [6.45, 7) is 3.20. The third kappa shape index (κ3) is 2.94. The molecule has 4 rings (SSSR count). The number of ketones is 1. The number of rotatable bonds is 3. The van der Waals surface area contributed by atoms with Gasteiger partial charge < -0.3 is 15.0 Å². The van der Waals surface area contributed by atoms with Gasteiger partial charge in [-0.2, -0.15) is 5.12 Å². The number of allylic oxidation sites excluding steroid dienone is 2. The van der Waals surface area contributed by atoms with Gasteiger partial charge in [-0.05, 0) is 48.3 Å². The van der Waals surface area contributed by atoms with Gasteiger partial charge in [-0.1, -0.05) is 10.5 Å². The van der Waals surface area contributed by atoms with Crippen LogP contribution in [0.5, 0.6) is 0 Å². The quantitative estimate of drug-likeness (QED) is 0.590. The number of nitrogens with zero attached hydrogens (tertiary/aromatic N) is 2. The van der Waals surface area contributed by atoms with E-state index in [2.05, 4.69) is 10.3 Å². The van der Waals surface area contributed by atoms with E-state index >= 15 is 0 Å². The van der Waals surface area contributed by atoms with Crippen molar-refractivity contribution in [2.24, 2.45) is 4.99 Å². The van der Waals surface area contributed by atoms with Crippen LogP contribution in [0.15, 0.2) is 41.2 Å². The molecule has 0 saturated carbocycles. The summed E-state index contributed by atoms with van der Waals surface area (Å²) in [6, 6.07) is 3.66. The van der Waals surface area contributed by atoms with Crippen LogP contribution in [0.2, 0.25) is 0 Å². The van der Waals surface area contributed by atoms with E-state index in [0.717, 1.165) is 16.5 Å². The molecule has 0 aromatic heterocycles. The highest BCUT2D eigenvalue weighted by Crippen LogP contribution is 2.26. The maximum Gasteiger partial charge on any atom is 0.282 e. The van der Waals surface area contributed by atoms with Crippen molar-refractivity contribution in [2.45, 2.75) is 31.4 Å². The minimum atomic E-state index is -1.42. The summed E-state index contributed by atoms with van der Waals surface area (Å²) in [5.41, 5.74) is 0.740. The Bertz CT molecular complexity index is 981. The summed E-state index contributed by atoms with van der Waals surface area (Å²) in [7, 11) is 0. The number of hydrogen-bond acceptors (Lipinski definition) is 6. The van der Waals surface area contributed by atoms with Gasteiger partial charge in [-0.15, -0.1) is 0 Å². The Kier molecular flexibility index (Phi) is 3.94. The topological polar surface area (TPSA) is 88.0 Å². The number of aliphatic hydroxyl groups is 1. The second-order valence-electron chi connectivity index (χ2n) is 7.18. The van der Waals surface area contributed by atoms with E-state index in [1.54, 1.807) is 19.9 Å². The summed E-state index contributed by atoms with van der Waals surface area (Å²) < 4.78 is 26.0. The number of halogens is 1. The monoisotopic (exact) mass is 375 g/mol. The minimum absolute atomic E-state index is 0.0846. The van der Waals surface area contributed by atoms with E-state index in [1.165, 1.54) is 12.4 Å². The van der Waals surface area contributed by atoms with E-state index < -0.39 is 22.3 Å². The first-order chi connectivity index (χ1) is 12.2. The lowest BCUT2D eigenvalue weighted by Gasteiger charge is -2.22. The molecule has 8 heteroatoms.